The van der Waals surface area contributed by atoms with Crippen molar-refractivity contribution >= 4 is 96.7 Å². The van der Waals surface area contributed by atoms with Crippen molar-refractivity contribution < 1.29 is 33.4 Å². The van der Waals surface area contributed by atoms with E-state index in [-0.39, 0.29) is 41.5 Å². The number of ether oxygens (including phenoxy) is 1. The number of amides is 4. The molecule has 13 heteroatoms. The van der Waals surface area contributed by atoms with E-state index in [1.54, 1.807) is 36.4 Å². The zero-order valence-corrected chi connectivity index (χ0v) is 29.1. The van der Waals surface area contributed by atoms with Crippen LogP contribution in [-0.4, -0.2) is 45.6 Å². The molecule has 3 aromatic rings. The van der Waals surface area contributed by atoms with Gasteiger partial charge in [0.15, 0.2) is 21.2 Å². The summed E-state index contributed by atoms with van der Waals surface area (Å²) >= 11 is 20.3. The first-order valence-corrected chi connectivity index (χ1v) is 16.9. The Morgan fingerprint density at radius 3 is 2.22 bits per heavy atom. The number of benzene rings is 3. The fourth-order valence-electron chi connectivity index (χ4n) is 7.56. The third-order valence-electron chi connectivity index (χ3n) is 9.58. The van der Waals surface area contributed by atoms with Gasteiger partial charge in [-0.25, -0.2) is 9.29 Å². The van der Waals surface area contributed by atoms with E-state index in [9.17, 15) is 28.7 Å². The van der Waals surface area contributed by atoms with Gasteiger partial charge in [-0.15, -0.1) is 23.2 Å². The number of anilines is 2. The van der Waals surface area contributed by atoms with Crippen molar-refractivity contribution in [2.24, 2.45) is 17.8 Å². The van der Waals surface area contributed by atoms with Crippen LogP contribution in [0.25, 0.3) is 0 Å². The molecule has 3 aromatic carbocycles. The number of carbonyl (C=O) groups excluding carboxylic acids is 4. The van der Waals surface area contributed by atoms with Crippen LogP contribution in [-0.2, 0) is 19.2 Å². The molecule has 2 aliphatic carbocycles. The number of imide groups is 2. The van der Waals surface area contributed by atoms with Gasteiger partial charge in [0.25, 0.3) is 11.8 Å². The molecule has 3 fully saturated rings. The molecule has 236 valence electrons. The molecule has 2 aliphatic heterocycles. The molecule has 4 amide bonds. The largest absolute Gasteiger partial charge is 0.504 e. The van der Waals surface area contributed by atoms with E-state index in [0.717, 1.165) is 20.6 Å². The van der Waals surface area contributed by atoms with Gasteiger partial charge in [0.1, 0.15) is 5.82 Å². The summed E-state index contributed by atoms with van der Waals surface area (Å²) in [6.07, 6.45) is 1.70. The Bertz CT molecular complexity index is 1890. The Balaban J connectivity index is 1.43. The van der Waals surface area contributed by atoms with Gasteiger partial charge < -0.3 is 9.84 Å². The Kier molecular flexibility index (Phi) is 7.58. The first-order valence-electron chi connectivity index (χ1n) is 14.3. The number of phenols is 1. The Morgan fingerprint density at radius 2 is 1.57 bits per heavy atom. The van der Waals surface area contributed by atoms with Crippen LogP contribution in [0.2, 0.25) is 0 Å². The van der Waals surface area contributed by atoms with Crippen molar-refractivity contribution in [2.75, 3.05) is 16.9 Å². The highest BCUT2D eigenvalue weighted by atomic mass is 127. The lowest BCUT2D eigenvalue weighted by Crippen LogP contribution is -2.60. The highest BCUT2D eigenvalue weighted by molar-refractivity contribution is 14.1. The van der Waals surface area contributed by atoms with Crippen LogP contribution in [0.5, 0.6) is 11.5 Å². The number of hydrogen-bond donors (Lipinski definition) is 1. The molecule has 7 rings (SSSR count). The number of fused-ring (bicyclic) bond motifs is 4. The maximum absolute atomic E-state index is 14.5. The Labute approximate surface area is 294 Å². The maximum atomic E-state index is 14.5. The molecule has 8 nitrogen and oxygen atoms in total. The van der Waals surface area contributed by atoms with E-state index >= 15 is 0 Å². The van der Waals surface area contributed by atoms with Crippen LogP contribution in [0.4, 0.5) is 15.8 Å². The van der Waals surface area contributed by atoms with E-state index in [1.165, 1.54) is 30.2 Å². The fraction of sp³-hybridized carbons (Fsp3) is 0.273. The smallest absolute Gasteiger partial charge is 0.258 e. The van der Waals surface area contributed by atoms with Crippen LogP contribution in [0.15, 0.2) is 76.8 Å². The number of alkyl halides is 2. The molecule has 0 spiro atoms. The molecule has 2 heterocycles. The Morgan fingerprint density at radius 1 is 0.935 bits per heavy atom. The third-order valence-corrected chi connectivity index (χ3v) is 12.2. The van der Waals surface area contributed by atoms with E-state index in [2.05, 4.69) is 38.5 Å². The molecule has 46 heavy (non-hydrogen) atoms. The molecule has 0 bridgehead atoms. The van der Waals surface area contributed by atoms with Crippen LogP contribution in [0.1, 0.15) is 24.3 Å². The van der Waals surface area contributed by atoms with Gasteiger partial charge in [0, 0.05) is 19.5 Å². The fourth-order valence-corrected chi connectivity index (χ4v) is 9.30. The van der Waals surface area contributed by atoms with Gasteiger partial charge in [-0.3, -0.25) is 24.1 Å². The highest BCUT2D eigenvalue weighted by Crippen LogP contribution is 2.67. The predicted octanol–water partition coefficient (Wildman–Crippen LogP) is 6.68. The number of methoxy groups -OCH3 is 1. The van der Waals surface area contributed by atoms with Gasteiger partial charge >= 0.3 is 0 Å². The summed E-state index contributed by atoms with van der Waals surface area (Å²) in [6, 6.07) is 14.9. The van der Waals surface area contributed by atoms with Crippen molar-refractivity contribution in [1.82, 2.24) is 0 Å². The van der Waals surface area contributed by atoms with E-state index in [1.807, 2.05) is 0 Å². The number of nitrogens with zero attached hydrogens (tertiary/aromatic N) is 2. The molecule has 1 saturated carbocycles. The SMILES string of the molecule is COc1cc(Br)cc([C@H]2C3=CC[C@@H]4C(=O)N(c5ccc(I)cc5)C(=O)[C@@H]4[C@@H]3C[C@@]3(Cl)C(=O)N(c4ccc(F)cc4)C(=O)[C@@]23Cl)c1O. The monoisotopic (exact) mass is 838 g/mol. The summed E-state index contributed by atoms with van der Waals surface area (Å²) < 4.78 is 20.7. The van der Waals surface area contributed by atoms with Gasteiger partial charge in [0.05, 0.1) is 30.3 Å². The number of rotatable bonds is 4. The average Bonchev–Trinajstić information content (AvgIpc) is 3.37. The van der Waals surface area contributed by atoms with E-state index in [0.29, 0.717) is 15.7 Å². The van der Waals surface area contributed by atoms with E-state index in [4.69, 9.17) is 27.9 Å². The molecule has 0 aromatic heterocycles. The van der Waals surface area contributed by atoms with Crippen LogP contribution in [0.3, 0.4) is 0 Å². The average molecular weight is 840 g/mol. The minimum Gasteiger partial charge on any atom is -0.504 e. The van der Waals surface area contributed by atoms with E-state index < -0.39 is 57.0 Å². The number of phenolic OH excluding ortho intramolecular Hbond substituents is 1. The lowest BCUT2D eigenvalue weighted by atomic mass is 9.56. The number of halogens is 5. The van der Waals surface area contributed by atoms with Crippen molar-refractivity contribution in [3.05, 3.63) is 91.7 Å². The lowest BCUT2D eigenvalue weighted by Gasteiger charge is -2.50. The summed E-state index contributed by atoms with van der Waals surface area (Å²) in [4.78, 5) is 54.6. The predicted molar refractivity (Wildman–Crippen MR) is 181 cm³/mol. The molecule has 0 radical (unpaired) electrons. The van der Waals surface area contributed by atoms with Crippen LogP contribution in [0, 0.1) is 27.1 Å². The van der Waals surface area contributed by atoms with Gasteiger partial charge in [-0.05, 0) is 102 Å². The van der Waals surface area contributed by atoms with Crippen molar-refractivity contribution in [1.29, 1.82) is 0 Å². The zero-order chi connectivity index (χ0) is 32.9. The van der Waals surface area contributed by atoms with Gasteiger partial charge in [0.2, 0.25) is 11.8 Å². The minimum atomic E-state index is -2.19. The topological polar surface area (TPSA) is 104 Å². The second kappa shape index (κ2) is 11.0. The molecular formula is C33H23BrCl2FIN2O6. The second-order valence-corrected chi connectivity index (χ2v) is 15.2. The normalized spacial score (nSPS) is 30.3. The van der Waals surface area contributed by atoms with Gasteiger partial charge in [-0.2, -0.15) is 0 Å². The summed E-state index contributed by atoms with van der Waals surface area (Å²) in [5.74, 6) is -7.03. The second-order valence-electron chi connectivity index (χ2n) is 11.8. The van der Waals surface area contributed by atoms with Crippen molar-refractivity contribution in [3.8, 4) is 11.5 Å². The van der Waals surface area contributed by atoms with Gasteiger partial charge in [-0.1, -0.05) is 27.6 Å². The molecule has 1 N–H and O–H groups in total. The number of allylic oxidation sites excluding steroid dienone is 2. The van der Waals surface area contributed by atoms with Crippen LogP contribution >= 0.6 is 61.7 Å². The molecule has 0 unspecified atom stereocenters. The first kappa shape index (κ1) is 31.6. The first-order chi connectivity index (χ1) is 21.8. The molecule has 4 aliphatic rings. The minimum absolute atomic E-state index is 0.0625. The summed E-state index contributed by atoms with van der Waals surface area (Å²) in [7, 11) is 1.37. The van der Waals surface area contributed by atoms with Crippen molar-refractivity contribution in [3.63, 3.8) is 0 Å². The van der Waals surface area contributed by atoms with Crippen molar-refractivity contribution in [2.45, 2.75) is 28.5 Å². The molecule has 6 atom stereocenters. The van der Waals surface area contributed by atoms with Crippen LogP contribution < -0.4 is 14.5 Å². The third kappa shape index (κ3) is 4.27. The summed E-state index contributed by atoms with van der Waals surface area (Å²) in [5, 5.41) is 11.5. The molecular weight excluding hydrogens is 817 g/mol. The summed E-state index contributed by atoms with van der Waals surface area (Å²) in [5.41, 5.74) is 1.15. The highest BCUT2D eigenvalue weighted by Gasteiger charge is 2.77. The summed E-state index contributed by atoms with van der Waals surface area (Å²) in [6.45, 7) is 0. The lowest BCUT2D eigenvalue weighted by molar-refractivity contribution is -0.125. The maximum Gasteiger partial charge on any atom is 0.258 e. The zero-order valence-electron chi connectivity index (χ0n) is 23.8. The number of aromatic hydroxyl groups is 1. The number of carbonyl (C=O) groups is 4. The standard InChI is InChI=1S/C33H23BrCl2FIN2O6/c1-46-24-13-15(34)12-22(27(24)41)26-20-10-11-21-25(29(43)39(28(21)42)18-8-4-17(38)5-9-18)23(20)14-32(35)30(44)40(31(45)33(26,32)36)19-6-2-16(37)3-7-19/h2-10,12-13,21,23,25-26,41H,11,14H2,1H3/t21-,23+,25-,26+,32+,33-/m0/s1. The Hall–Kier alpha value is -3.00. The quantitative estimate of drug-likeness (QED) is 0.136. The number of hydrogen-bond acceptors (Lipinski definition) is 6. The molecule has 2 saturated heterocycles.